The topological polar surface area (TPSA) is 38.8 Å². The van der Waals surface area contributed by atoms with Gasteiger partial charge in [0.15, 0.2) is 11.5 Å². The zero-order valence-corrected chi connectivity index (χ0v) is 13.1. The van der Waals surface area contributed by atoms with E-state index >= 15 is 0 Å². The molecule has 2 aromatic carbocycles. The molecule has 0 spiro atoms. The molecular weight excluding hydrogens is 302 g/mol. The first-order valence-corrected chi connectivity index (χ1v) is 7.37. The van der Waals surface area contributed by atoms with Gasteiger partial charge in [-0.3, -0.25) is 4.79 Å². The number of amides is 1. The zero-order chi connectivity index (χ0) is 15.7. The predicted octanol–water partition coefficient (Wildman–Crippen LogP) is 3.90. The third-order valence-corrected chi connectivity index (χ3v) is 4.14. The monoisotopic (exact) mass is 317 g/mol. The first-order chi connectivity index (χ1) is 10.6. The highest BCUT2D eigenvalue weighted by atomic mass is 35.5. The number of carbonyl (C=O) groups excluding carboxylic acids is 1. The summed E-state index contributed by atoms with van der Waals surface area (Å²) in [4.78, 5) is 14.4. The molecule has 1 unspecified atom stereocenters. The molecule has 1 aliphatic rings. The Labute approximate surface area is 134 Å². The lowest BCUT2D eigenvalue weighted by molar-refractivity contribution is 0.0742. The van der Waals surface area contributed by atoms with Crippen molar-refractivity contribution in [1.82, 2.24) is 4.90 Å². The molecule has 0 aromatic heterocycles. The van der Waals surface area contributed by atoms with Gasteiger partial charge in [-0.05, 0) is 24.6 Å². The number of carbonyl (C=O) groups is 1. The summed E-state index contributed by atoms with van der Waals surface area (Å²) in [6.07, 6.45) is 0. The minimum atomic E-state index is -0.114. The van der Waals surface area contributed by atoms with Crippen molar-refractivity contribution in [2.75, 3.05) is 13.8 Å². The Bertz CT molecular complexity index is 703. The van der Waals surface area contributed by atoms with Crippen LogP contribution in [0.25, 0.3) is 0 Å². The van der Waals surface area contributed by atoms with E-state index in [-0.39, 0.29) is 18.7 Å². The van der Waals surface area contributed by atoms with Crippen molar-refractivity contribution in [3.8, 4) is 11.5 Å². The van der Waals surface area contributed by atoms with Gasteiger partial charge in [-0.2, -0.15) is 0 Å². The van der Waals surface area contributed by atoms with Gasteiger partial charge in [-0.1, -0.05) is 41.9 Å². The number of fused-ring (bicyclic) bond motifs is 1. The fourth-order valence-electron chi connectivity index (χ4n) is 2.43. The molecule has 4 nitrogen and oxygen atoms in total. The highest BCUT2D eigenvalue weighted by molar-refractivity contribution is 6.32. The molecule has 0 N–H and O–H groups in total. The number of rotatable bonds is 3. The largest absolute Gasteiger partial charge is 0.454 e. The van der Waals surface area contributed by atoms with E-state index in [4.69, 9.17) is 21.1 Å². The molecule has 0 bridgehead atoms. The molecule has 5 heteroatoms. The molecule has 1 heterocycles. The number of ether oxygens (including phenoxy) is 2. The number of halogens is 1. The van der Waals surface area contributed by atoms with Crippen molar-refractivity contribution < 1.29 is 14.3 Å². The molecule has 0 saturated carbocycles. The van der Waals surface area contributed by atoms with Crippen LogP contribution in [0, 0.1) is 0 Å². The number of benzene rings is 2. The molecule has 114 valence electrons. The van der Waals surface area contributed by atoms with E-state index in [1.165, 1.54) is 0 Å². The van der Waals surface area contributed by atoms with E-state index in [2.05, 4.69) is 0 Å². The highest BCUT2D eigenvalue weighted by Gasteiger charge is 2.24. The van der Waals surface area contributed by atoms with Crippen LogP contribution in [-0.2, 0) is 0 Å². The van der Waals surface area contributed by atoms with Gasteiger partial charge < -0.3 is 14.4 Å². The average Bonchev–Trinajstić information content (AvgIpc) is 3.02. The first-order valence-electron chi connectivity index (χ1n) is 6.99. The van der Waals surface area contributed by atoms with Gasteiger partial charge in [0.2, 0.25) is 6.79 Å². The van der Waals surface area contributed by atoms with Crippen LogP contribution in [0.4, 0.5) is 0 Å². The van der Waals surface area contributed by atoms with E-state index in [1.54, 1.807) is 24.1 Å². The van der Waals surface area contributed by atoms with Gasteiger partial charge >= 0.3 is 0 Å². The second-order valence-electron chi connectivity index (χ2n) is 5.19. The van der Waals surface area contributed by atoms with Crippen LogP contribution in [0.2, 0.25) is 5.02 Å². The Morgan fingerprint density at radius 2 is 1.95 bits per heavy atom. The summed E-state index contributed by atoms with van der Waals surface area (Å²) in [5.74, 6) is 0.894. The van der Waals surface area contributed by atoms with Crippen molar-refractivity contribution >= 4 is 17.5 Å². The van der Waals surface area contributed by atoms with Crippen molar-refractivity contribution in [1.29, 1.82) is 0 Å². The van der Waals surface area contributed by atoms with Gasteiger partial charge in [-0.15, -0.1) is 0 Å². The molecule has 0 fully saturated rings. The van der Waals surface area contributed by atoms with Gasteiger partial charge in [0.25, 0.3) is 5.91 Å². The first kappa shape index (κ1) is 14.7. The molecule has 2 aromatic rings. The number of nitrogens with zero attached hydrogens (tertiary/aromatic N) is 1. The van der Waals surface area contributed by atoms with E-state index in [0.29, 0.717) is 22.1 Å². The molecule has 1 aliphatic heterocycles. The van der Waals surface area contributed by atoms with Gasteiger partial charge in [0.1, 0.15) is 0 Å². The van der Waals surface area contributed by atoms with Gasteiger partial charge in [0, 0.05) is 12.6 Å². The minimum absolute atomic E-state index is 0.0436. The lowest BCUT2D eigenvalue weighted by atomic mass is 10.1. The molecule has 1 atom stereocenters. The Morgan fingerprint density at radius 3 is 2.68 bits per heavy atom. The summed E-state index contributed by atoms with van der Waals surface area (Å²) in [5.41, 5.74) is 1.56. The number of hydrogen-bond acceptors (Lipinski definition) is 3. The molecule has 0 saturated heterocycles. The summed E-state index contributed by atoms with van der Waals surface area (Å²) < 4.78 is 10.6. The van der Waals surface area contributed by atoms with Crippen LogP contribution in [0.3, 0.4) is 0 Å². The third kappa shape index (κ3) is 2.62. The number of hydrogen-bond donors (Lipinski definition) is 0. The molecular formula is C17H16ClNO3. The van der Waals surface area contributed by atoms with E-state index in [9.17, 15) is 4.79 Å². The second-order valence-corrected chi connectivity index (χ2v) is 5.60. The zero-order valence-electron chi connectivity index (χ0n) is 12.4. The van der Waals surface area contributed by atoms with E-state index < -0.39 is 0 Å². The van der Waals surface area contributed by atoms with E-state index in [0.717, 1.165) is 5.56 Å². The van der Waals surface area contributed by atoms with Crippen LogP contribution in [0.15, 0.2) is 42.5 Å². The summed E-state index contributed by atoms with van der Waals surface area (Å²) in [6.45, 7) is 2.12. The normalized spacial score (nSPS) is 13.8. The molecule has 1 amide bonds. The summed E-state index contributed by atoms with van der Waals surface area (Å²) in [7, 11) is 1.78. The molecule has 22 heavy (non-hydrogen) atoms. The summed E-state index contributed by atoms with van der Waals surface area (Å²) in [5, 5.41) is 0.388. The van der Waals surface area contributed by atoms with Crippen LogP contribution < -0.4 is 9.47 Å². The van der Waals surface area contributed by atoms with Crippen LogP contribution >= 0.6 is 11.6 Å². The quantitative estimate of drug-likeness (QED) is 0.861. The standard InChI is InChI=1S/C17H16ClNO3/c1-11(12-6-4-3-5-7-12)19(2)17(20)13-8-14(18)16-15(9-13)21-10-22-16/h3-9,11H,10H2,1-2H3. The van der Waals surface area contributed by atoms with Crippen molar-refractivity contribution in [2.45, 2.75) is 13.0 Å². The molecule has 0 radical (unpaired) electrons. The van der Waals surface area contributed by atoms with Crippen LogP contribution in [0.5, 0.6) is 11.5 Å². The SMILES string of the molecule is CC(c1ccccc1)N(C)C(=O)c1cc(Cl)c2c(c1)OCO2. The van der Waals surface area contributed by atoms with Crippen LogP contribution in [-0.4, -0.2) is 24.6 Å². The Morgan fingerprint density at radius 1 is 1.23 bits per heavy atom. The minimum Gasteiger partial charge on any atom is -0.454 e. The van der Waals surface area contributed by atoms with Crippen molar-refractivity contribution in [3.05, 3.63) is 58.6 Å². The maximum Gasteiger partial charge on any atom is 0.254 e. The second kappa shape index (κ2) is 5.89. The van der Waals surface area contributed by atoms with E-state index in [1.807, 2.05) is 37.3 Å². The predicted molar refractivity (Wildman–Crippen MR) is 84.5 cm³/mol. The fraction of sp³-hybridized carbons (Fsp3) is 0.235. The Balaban J connectivity index is 1.86. The molecule has 0 aliphatic carbocycles. The smallest absolute Gasteiger partial charge is 0.254 e. The summed E-state index contributed by atoms with van der Waals surface area (Å²) >= 11 is 6.14. The maximum absolute atomic E-state index is 12.7. The lowest BCUT2D eigenvalue weighted by Gasteiger charge is -2.25. The Hall–Kier alpha value is -2.20. The van der Waals surface area contributed by atoms with Crippen molar-refractivity contribution in [3.63, 3.8) is 0 Å². The fourth-order valence-corrected chi connectivity index (χ4v) is 2.69. The molecule has 3 rings (SSSR count). The van der Waals surface area contributed by atoms with Gasteiger partial charge in [-0.25, -0.2) is 0 Å². The highest BCUT2D eigenvalue weighted by Crippen LogP contribution is 2.40. The maximum atomic E-state index is 12.7. The van der Waals surface area contributed by atoms with Crippen LogP contribution in [0.1, 0.15) is 28.9 Å². The average molecular weight is 318 g/mol. The Kier molecular flexibility index (Phi) is 3.94. The third-order valence-electron chi connectivity index (χ3n) is 3.86. The lowest BCUT2D eigenvalue weighted by Crippen LogP contribution is -2.29. The van der Waals surface area contributed by atoms with Gasteiger partial charge in [0.05, 0.1) is 11.1 Å². The summed E-state index contributed by atoms with van der Waals surface area (Å²) in [6, 6.07) is 13.1. The van der Waals surface area contributed by atoms with Crippen molar-refractivity contribution in [2.24, 2.45) is 0 Å².